The maximum absolute atomic E-state index is 13.2. The summed E-state index contributed by atoms with van der Waals surface area (Å²) in [7, 11) is 1.66. The lowest BCUT2D eigenvalue weighted by Gasteiger charge is -2.18. The predicted molar refractivity (Wildman–Crippen MR) is 134 cm³/mol. The average molecular weight is 483 g/mol. The van der Waals surface area contributed by atoms with Crippen molar-refractivity contribution in [1.29, 1.82) is 0 Å². The van der Waals surface area contributed by atoms with Gasteiger partial charge in [-0.2, -0.15) is 0 Å². The summed E-state index contributed by atoms with van der Waals surface area (Å²) in [6, 6.07) is 17.5. The van der Waals surface area contributed by atoms with E-state index in [0.29, 0.717) is 24.7 Å². The van der Waals surface area contributed by atoms with Crippen LogP contribution >= 0.6 is 23.1 Å². The van der Waals surface area contributed by atoms with E-state index in [9.17, 15) is 4.79 Å². The third kappa shape index (κ3) is 5.89. The van der Waals surface area contributed by atoms with Crippen LogP contribution in [0.3, 0.4) is 0 Å². The summed E-state index contributed by atoms with van der Waals surface area (Å²) in [6.07, 6.45) is 2.81. The topological polar surface area (TPSA) is 64.8 Å². The van der Waals surface area contributed by atoms with E-state index in [0.717, 1.165) is 44.5 Å². The number of para-hydroxylation sites is 1. The first kappa shape index (κ1) is 23.2. The second-order valence-corrected chi connectivity index (χ2v) is 9.40. The molecule has 172 valence electrons. The third-order valence-electron chi connectivity index (χ3n) is 4.96. The number of carbonyl (C=O) groups excluding carboxylic acids is 1. The number of rotatable bonds is 11. The van der Waals surface area contributed by atoms with Crippen LogP contribution in [0.1, 0.15) is 25.5 Å². The minimum absolute atomic E-state index is 0.0266. The fourth-order valence-electron chi connectivity index (χ4n) is 3.34. The quantitative estimate of drug-likeness (QED) is 0.182. The zero-order chi connectivity index (χ0) is 23.0. The number of thioether (sulfide) groups is 1. The summed E-state index contributed by atoms with van der Waals surface area (Å²) in [6.45, 7) is 2.86. The summed E-state index contributed by atoms with van der Waals surface area (Å²) in [5, 5.41) is 0.654. The molecule has 4 rings (SSSR count). The van der Waals surface area contributed by atoms with E-state index >= 15 is 0 Å². The van der Waals surface area contributed by atoms with Crippen molar-refractivity contribution in [1.82, 2.24) is 4.98 Å². The molecule has 0 saturated heterocycles. The van der Waals surface area contributed by atoms with E-state index in [1.165, 1.54) is 11.3 Å². The van der Waals surface area contributed by atoms with Gasteiger partial charge in [0.1, 0.15) is 22.8 Å². The summed E-state index contributed by atoms with van der Waals surface area (Å²) >= 11 is 3.22. The minimum Gasteiger partial charge on any atom is -0.497 e. The first-order valence-corrected chi connectivity index (χ1v) is 12.6. The molecule has 0 aliphatic heterocycles. The number of carbonyl (C=O) groups is 1. The van der Waals surface area contributed by atoms with Crippen LogP contribution in [-0.2, 0) is 11.3 Å². The highest BCUT2D eigenvalue weighted by Crippen LogP contribution is 2.35. The van der Waals surface area contributed by atoms with E-state index < -0.39 is 0 Å². The van der Waals surface area contributed by atoms with Crippen molar-refractivity contribution in [2.75, 3.05) is 24.4 Å². The van der Waals surface area contributed by atoms with Crippen molar-refractivity contribution in [2.45, 2.75) is 31.2 Å². The van der Waals surface area contributed by atoms with Crippen molar-refractivity contribution >= 4 is 44.4 Å². The maximum Gasteiger partial charge on any atom is 0.229 e. The molecule has 6 nitrogen and oxygen atoms in total. The van der Waals surface area contributed by atoms with Crippen molar-refractivity contribution in [3.05, 3.63) is 66.6 Å². The Morgan fingerprint density at radius 3 is 2.73 bits per heavy atom. The molecule has 0 aliphatic rings. The number of anilines is 1. The molecule has 1 amide bonds. The Hall–Kier alpha value is -2.97. The van der Waals surface area contributed by atoms with E-state index in [2.05, 4.69) is 0 Å². The van der Waals surface area contributed by atoms with Gasteiger partial charge in [0.15, 0.2) is 5.13 Å². The lowest BCUT2D eigenvalue weighted by atomic mass is 10.3. The van der Waals surface area contributed by atoms with Crippen LogP contribution in [0.25, 0.3) is 10.2 Å². The molecule has 0 N–H and O–H groups in total. The summed E-state index contributed by atoms with van der Waals surface area (Å²) in [5.41, 5.74) is 0.784. The Balaban J connectivity index is 1.45. The molecular weight excluding hydrogens is 456 g/mol. The molecule has 0 fully saturated rings. The number of hydrogen-bond donors (Lipinski definition) is 0. The molecule has 0 atom stereocenters. The lowest BCUT2D eigenvalue weighted by Crippen LogP contribution is -2.30. The van der Waals surface area contributed by atoms with Gasteiger partial charge in [-0.25, -0.2) is 4.98 Å². The Morgan fingerprint density at radius 2 is 2.00 bits per heavy atom. The van der Waals surface area contributed by atoms with Crippen LogP contribution in [0, 0.1) is 0 Å². The highest BCUT2D eigenvalue weighted by molar-refractivity contribution is 7.99. The molecule has 33 heavy (non-hydrogen) atoms. The molecule has 0 saturated carbocycles. The Morgan fingerprint density at radius 1 is 1.15 bits per heavy atom. The standard InChI is InChI=1S/C25H26N2O4S2/c1-3-30-21-8-4-9-22-24(21)26-25(33-22)27(17-19-7-5-15-31-19)23(28)10-6-16-32-20-13-11-18(29-2)12-14-20/h4-5,7-9,11-15H,3,6,10,16-17H2,1-2H3. The van der Waals surface area contributed by atoms with E-state index in [-0.39, 0.29) is 5.91 Å². The summed E-state index contributed by atoms with van der Waals surface area (Å²) in [4.78, 5) is 20.9. The number of aromatic nitrogens is 1. The second kappa shape index (κ2) is 11.2. The van der Waals surface area contributed by atoms with E-state index in [4.69, 9.17) is 18.9 Å². The van der Waals surface area contributed by atoms with Crippen molar-refractivity contribution in [2.24, 2.45) is 0 Å². The van der Waals surface area contributed by atoms with Gasteiger partial charge in [0.2, 0.25) is 5.91 Å². The normalized spacial score (nSPS) is 11.0. The van der Waals surface area contributed by atoms with Gasteiger partial charge in [0, 0.05) is 11.3 Å². The molecule has 2 aromatic carbocycles. The number of methoxy groups -OCH3 is 1. The van der Waals surface area contributed by atoms with Gasteiger partial charge >= 0.3 is 0 Å². The molecule has 0 spiro atoms. The SMILES string of the molecule is CCOc1cccc2sc(N(Cc3ccco3)C(=O)CCCSc3ccc(OC)cc3)nc12. The molecule has 4 aromatic rings. The van der Waals surface area contributed by atoms with Crippen molar-refractivity contribution in [3.63, 3.8) is 0 Å². The van der Waals surface area contributed by atoms with Crippen molar-refractivity contribution in [3.8, 4) is 11.5 Å². The number of hydrogen-bond acceptors (Lipinski definition) is 7. The van der Waals surface area contributed by atoms with Crippen LogP contribution in [-0.4, -0.2) is 30.4 Å². The average Bonchev–Trinajstić information content (AvgIpc) is 3.51. The van der Waals surface area contributed by atoms with E-state index in [1.54, 1.807) is 30.0 Å². The lowest BCUT2D eigenvalue weighted by molar-refractivity contribution is -0.118. The molecule has 0 aliphatic carbocycles. The number of nitrogens with zero attached hydrogens (tertiary/aromatic N) is 2. The van der Waals surface area contributed by atoms with Crippen LogP contribution in [0.2, 0.25) is 0 Å². The monoisotopic (exact) mass is 482 g/mol. The number of benzene rings is 2. The predicted octanol–water partition coefficient (Wildman–Crippen LogP) is 6.40. The van der Waals surface area contributed by atoms with Crippen LogP contribution in [0.4, 0.5) is 5.13 Å². The van der Waals surface area contributed by atoms with Crippen LogP contribution in [0.5, 0.6) is 11.5 Å². The van der Waals surface area contributed by atoms with Gasteiger partial charge in [0.05, 0.1) is 31.2 Å². The molecule has 2 aromatic heterocycles. The van der Waals surface area contributed by atoms with Crippen LogP contribution < -0.4 is 14.4 Å². The van der Waals surface area contributed by atoms with Gasteiger partial charge < -0.3 is 13.9 Å². The number of furan rings is 1. The van der Waals surface area contributed by atoms with Gasteiger partial charge in [-0.05, 0) is 67.6 Å². The molecule has 0 bridgehead atoms. The number of amides is 1. The molecule has 0 unspecified atom stereocenters. The third-order valence-corrected chi connectivity index (χ3v) is 7.10. The van der Waals surface area contributed by atoms with Gasteiger partial charge in [0.25, 0.3) is 0 Å². The Labute approximate surface area is 201 Å². The first-order valence-electron chi connectivity index (χ1n) is 10.8. The van der Waals surface area contributed by atoms with E-state index in [1.807, 2.05) is 61.5 Å². The Bertz CT molecular complexity index is 1170. The summed E-state index contributed by atoms with van der Waals surface area (Å²) < 4.78 is 17.4. The second-order valence-electron chi connectivity index (χ2n) is 7.22. The number of fused-ring (bicyclic) bond motifs is 1. The fourth-order valence-corrected chi connectivity index (χ4v) is 5.19. The maximum atomic E-state index is 13.2. The minimum atomic E-state index is 0.0266. The highest BCUT2D eigenvalue weighted by Gasteiger charge is 2.22. The zero-order valence-electron chi connectivity index (χ0n) is 18.7. The fraction of sp³-hybridized carbons (Fsp3) is 0.280. The Kier molecular flexibility index (Phi) is 7.91. The molecule has 8 heteroatoms. The smallest absolute Gasteiger partial charge is 0.229 e. The van der Waals surface area contributed by atoms with Crippen molar-refractivity contribution < 1.29 is 18.7 Å². The summed E-state index contributed by atoms with van der Waals surface area (Å²) in [5.74, 6) is 3.17. The van der Waals surface area contributed by atoms with Crippen LogP contribution in [0.15, 0.2) is 70.2 Å². The number of ether oxygens (including phenoxy) is 2. The first-order chi connectivity index (χ1) is 16.2. The largest absolute Gasteiger partial charge is 0.497 e. The van der Waals surface area contributed by atoms with Gasteiger partial charge in [-0.1, -0.05) is 17.4 Å². The molecule has 0 radical (unpaired) electrons. The molecular formula is C25H26N2O4S2. The molecule has 2 heterocycles. The van der Waals surface area contributed by atoms with Gasteiger partial charge in [-0.15, -0.1) is 11.8 Å². The highest BCUT2D eigenvalue weighted by atomic mass is 32.2. The zero-order valence-corrected chi connectivity index (χ0v) is 20.3. The number of thiazole rings is 1. The van der Waals surface area contributed by atoms with Gasteiger partial charge in [-0.3, -0.25) is 9.69 Å².